The minimum absolute atomic E-state index is 0.404. The van der Waals surface area contributed by atoms with Crippen molar-refractivity contribution in [2.24, 2.45) is 0 Å². The second kappa shape index (κ2) is 8.93. The number of nitrogens with zero attached hydrogens (tertiary/aromatic N) is 2. The Morgan fingerprint density at radius 1 is 0.939 bits per heavy atom. The van der Waals surface area contributed by atoms with Crippen LogP contribution in [-0.4, -0.2) is 50.9 Å². The molecule has 1 aliphatic rings. The molecule has 1 fully saturated rings. The minimum Gasteiger partial charge on any atom is -0.497 e. The van der Waals surface area contributed by atoms with Gasteiger partial charge in [0.05, 0.1) is 12.0 Å². The molecular weight excluding hydrogens is 440 g/mol. The maximum Gasteiger partial charge on any atom is 0.336 e. The molecule has 0 spiro atoms. The summed E-state index contributed by atoms with van der Waals surface area (Å²) >= 11 is 0. The van der Waals surface area contributed by atoms with E-state index in [1.165, 1.54) is 6.07 Å². The van der Waals surface area contributed by atoms with Crippen molar-refractivity contribution in [1.29, 1.82) is 0 Å². The van der Waals surface area contributed by atoms with Crippen molar-refractivity contribution in [2.75, 3.05) is 33.3 Å². The van der Waals surface area contributed by atoms with Gasteiger partial charge in [0.1, 0.15) is 11.3 Å². The lowest BCUT2D eigenvalue weighted by molar-refractivity contribution is 0.182. The molecule has 8 heteroatoms. The number of hydrogen-bond acceptors (Lipinski definition) is 6. The second-order valence-corrected chi connectivity index (χ2v) is 10.6. The molecule has 2 heterocycles. The zero-order valence-corrected chi connectivity index (χ0v) is 20.6. The largest absolute Gasteiger partial charge is 0.497 e. The molecular formula is C25H30N2O5S. The number of piperazine rings is 1. The highest BCUT2D eigenvalue weighted by atomic mass is 32.2. The second-order valence-electron chi connectivity index (χ2n) is 8.72. The van der Waals surface area contributed by atoms with E-state index in [1.54, 1.807) is 17.5 Å². The van der Waals surface area contributed by atoms with Gasteiger partial charge in [0, 0.05) is 50.2 Å². The van der Waals surface area contributed by atoms with Crippen LogP contribution < -0.4 is 10.4 Å². The Hall–Kier alpha value is -2.68. The molecule has 1 aliphatic heterocycles. The highest BCUT2D eigenvalue weighted by Crippen LogP contribution is 2.30. The number of benzene rings is 2. The number of aryl methyl sites for hydroxylation is 2. The number of ether oxygens (including phenoxy) is 1. The molecule has 0 saturated carbocycles. The van der Waals surface area contributed by atoms with E-state index in [1.807, 2.05) is 45.9 Å². The van der Waals surface area contributed by atoms with E-state index in [-0.39, 0.29) is 0 Å². The van der Waals surface area contributed by atoms with Crippen molar-refractivity contribution in [3.63, 3.8) is 0 Å². The van der Waals surface area contributed by atoms with Crippen LogP contribution in [0.15, 0.2) is 44.4 Å². The van der Waals surface area contributed by atoms with E-state index in [0.717, 1.165) is 33.2 Å². The van der Waals surface area contributed by atoms with Crippen LogP contribution in [0.1, 0.15) is 27.8 Å². The van der Waals surface area contributed by atoms with Gasteiger partial charge in [-0.3, -0.25) is 4.90 Å². The zero-order valence-electron chi connectivity index (χ0n) is 19.8. The molecule has 33 heavy (non-hydrogen) atoms. The lowest BCUT2D eigenvalue weighted by Crippen LogP contribution is -2.48. The van der Waals surface area contributed by atoms with Crippen molar-refractivity contribution >= 4 is 21.0 Å². The van der Waals surface area contributed by atoms with Gasteiger partial charge in [-0.25, -0.2) is 13.2 Å². The van der Waals surface area contributed by atoms with E-state index in [9.17, 15) is 13.2 Å². The smallest absolute Gasteiger partial charge is 0.336 e. The molecule has 0 amide bonds. The van der Waals surface area contributed by atoms with Gasteiger partial charge in [0.2, 0.25) is 10.0 Å². The number of methoxy groups -OCH3 is 1. The topological polar surface area (TPSA) is 80.1 Å². The molecule has 1 aromatic heterocycles. The highest BCUT2D eigenvalue weighted by Gasteiger charge is 2.32. The molecule has 3 aromatic rings. The van der Waals surface area contributed by atoms with E-state index in [2.05, 4.69) is 4.90 Å². The Morgan fingerprint density at radius 2 is 1.58 bits per heavy atom. The van der Waals surface area contributed by atoms with Crippen LogP contribution in [-0.2, 0) is 16.6 Å². The predicted molar refractivity (Wildman–Crippen MR) is 128 cm³/mol. The van der Waals surface area contributed by atoms with E-state index < -0.39 is 15.6 Å². The molecule has 0 radical (unpaired) electrons. The number of sulfonamides is 1. The minimum atomic E-state index is -3.59. The third kappa shape index (κ3) is 4.43. The molecule has 0 atom stereocenters. The Kier molecular flexibility index (Phi) is 6.35. The van der Waals surface area contributed by atoms with Crippen LogP contribution in [0.4, 0.5) is 0 Å². The van der Waals surface area contributed by atoms with Crippen molar-refractivity contribution < 1.29 is 17.6 Å². The van der Waals surface area contributed by atoms with Gasteiger partial charge in [-0.1, -0.05) is 6.07 Å². The predicted octanol–water partition coefficient (Wildman–Crippen LogP) is 3.54. The summed E-state index contributed by atoms with van der Waals surface area (Å²) in [6.45, 7) is 10.2. The molecule has 0 aliphatic carbocycles. The SMILES string of the molecule is COc1ccc2c(CN3CCN(S(=O)(=O)c4c(C)c(C)cc(C)c4C)CC3)cc(=O)oc2c1. The fraction of sp³-hybridized carbons (Fsp3) is 0.400. The third-order valence-electron chi connectivity index (χ3n) is 6.66. The van der Waals surface area contributed by atoms with Crippen LogP contribution >= 0.6 is 0 Å². The van der Waals surface area contributed by atoms with Gasteiger partial charge in [-0.05, 0) is 67.6 Å². The first-order chi connectivity index (χ1) is 15.6. The Labute approximate surface area is 194 Å². The average molecular weight is 471 g/mol. The standard InChI is InChI=1S/C25H30N2O5S/c1-16-12-17(2)19(4)25(18(16)3)33(29,30)27-10-8-26(9-11-27)15-20-13-24(28)32-23-14-21(31-5)6-7-22(20)23/h6-7,12-14H,8-11,15H2,1-5H3. The fourth-order valence-corrected chi connectivity index (χ4v) is 6.53. The van der Waals surface area contributed by atoms with Gasteiger partial charge >= 0.3 is 5.63 Å². The first kappa shape index (κ1) is 23.5. The molecule has 0 N–H and O–H groups in total. The molecule has 0 bridgehead atoms. The molecule has 7 nitrogen and oxygen atoms in total. The summed E-state index contributed by atoms with van der Waals surface area (Å²) in [5, 5.41) is 0.854. The van der Waals surface area contributed by atoms with Gasteiger partial charge in [0.15, 0.2) is 0 Å². The summed E-state index contributed by atoms with van der Waals surface area (Å²) in [6, 6.07) is 8.99. The number of fused-ring (bicyclic) bond motifs is 1. The van der Waals surface area contributed by atoms with Crippen LogP contribution in [0.25, 0.3) is 11.0 Å². The normalized spacial score (nSPS) is 15.8. The van der Waals surface area contributed by atoms with Gasteiger partial charge in [-0.15, -0.1) is 0 Å². The maximum absolute atomic E-state index is 13.5. The number of rotatable bonds is 5. The highest BCUT2D eigenvalue weighted by molar-refractivity contribution is 7.89. The van der Waals surface area contributed by atoms with Crippen LogP contribution in [0.5, 0.6) is 5.75 Å². The van der Waals surface area contributed by atoms with Crippen LogP contribution in [0, 0.1) is 27.7 Å². The lowest BCUT2D eigenvalue weighted by Gasteiger charge is -2.35. The first-order valence-corrected chi connectivity index (χ1v) is 12.5. The van der Waals surface area contributed by atoms with Gasteiger partial charge < -0.3 is 9.15 Å². The molecule has 2 aromatic carbocycles. The van der Waals surface area contributed by atoms with Crippen molar-refractivity contribution in [3.05, 3.63) is 68.6 Å². The Bertz CT molecular complexity index is 1340. The molecule has 0 unspecified atom stereocenters. The third-order valence-corrected chi connectivity index (χ3v) is 8.83. The monoisotopic (exact) mass is 470 g/mol. The van der Waals surface area contributed by atoms with E-state index in [4.69, 9.17) is 9.15 Å². The van der Waals surface area contributed by atoms with Crippen molar-refractivity contribution in [3.8, 4) is 5.75 Å². The maximum atomic E-state index is 13.5. The lowest BCUT2D eigenvalue weighted by atomic mass is 10.0. The fourth-order valence-electron chi connectivity index (χ4n) is 4.53. The summed E-state index contributed by atoms with van der Waals surface area (Å²) in [5.74, 6) is 0.624. The van der Waals surface area contributed by atoms with E-state index >= 15 is 0 Å². The van der Waals surface area contributed by atoms with Crippen LogP contribution in [0.2, 0.25) is 0 Å². The van der Waals surface area contributed by atoms with Crippen molar-refractivity contribution in [2.45, 2.75) is 39.1 Å². The summed E-state index contributed by atoms with van der Waals surface area (Å²) in [7, 11) is -2.02. The van der Waals surface area contributed by atoms with Crippen LogP contribution in [0.3, 0.4) is 0 Å². The molecule has 176 valence electrons. The summed E-state index contributed by atoms with van der Waals surface area (Å²) in [4.78, 5) is 14.7. The summed E-state index contributed by atoms with van der Waals surface area (Å²) < 4.78 is 39.2. The Balaban J connectivity index is 1.54. The van der Waals surface area contributed by atoms with Gasteiger partial charge in [0.25, 0.3) is 0 Å². The van der Waals surface area contributed by atoms with Crippen molar-refractivity contribution in [1.82, 2.24) is 9.21 Å². The van der Waals surface area contributed by atoms with Gasteiger partial charge in [-0.2, -0.15) is 4.31 Å². The molecule has 1 saturated heterocycles. The summed E-state index contributed by atoms with van der Waals surface area (Å²) in [6.07, 6.45) is 0. The summed E-state index contributed by atoms with van der Waals surface area (Å²) in [5.41, 5.74) is 4.55. The quantitative estimate of drug-likeness (QED) is 0.531. The van der Waals surface area contributed by atoms with E-state index in [0.29, 0.717) is 49.0 Å². The number of hydrogen-bond donors (Lipinski definition) is 0. The molecule has 4 rings (SSSR count). The Morgan fingerprint density at radius 3 is 2.18 bits per heavy atom. The first-order valence-electron chi connectivity index (χ1n) is 11.0. The zero-order chi connectivity index (χ0) is 23.9. The average Bonchev–Trinajstić information content (AvgIpc) is 2.77.